The van der Waals surface area contributed by atoms with E-state index in [1.807, 2.05) is 38.1 Å². The number of fused-ring (bicyclic) bond motifs is 1. The molecule has 9 nitrogen and oxygen atoms in total. The summed E-state index contributed by atoms with van der Waals surface area (Å²) in [5.74, 6) is -0.299. The molecule has 0 atom stereocenters. The number of hydrogen-bond donors (Lipinski definition) is 1. The monoisotopic (exact) mass is 470 g/mol. The second-order valence-electron chi connectivity index (χ2n) is 8.10. The van der Waals surface area contributed by atoms with Crippen molar-refractivity contribution in [3.8, 4) is 0 Å². The van der Waals surface area contributed by atoms with Gasteiger partial charge in [-0.2, -0.15) is 4.31 Å². The first-order valence-corrected chi connectivity index (χ1v) is 12.8. The predicted molar refractivity (Wildman–Crippen MR) is 129 cm³/mol. The van der Waals surface area contributed by atoms with Crippen LogP contribution < -0.4 is 10.2 Å². The zero-order valence-corrected chi connectivity index (χ0v) is 19.9. The van der Waals surface area contributed by atoms with Crippen LogP contribution >= 0.6 is 0 Å². The Balaban J connectivity index is 1.63. The summed E-state index contributed by atoms with van der Waals surface area (Å²) < 4.78 is 29.5. The van der Waals surface area contributed by atoms with Crippen LogP contribution in [0.1, 0.15) is 33.1 Å². The number of nitrogens with zero attached hydrogens (tertiary/aromatic N) is 5. The molecule has 1 saturated heterocycles. The predicted octanol–water partition coefficient (Wildman–Crippen LogP) is 3.09. The highest BCUT2D eigenvalue weighted by molar-refractivity contribution is 7.89. The second-order valence-corrected chi connectivity index (χ2v) is 10.0. The van der Waals surface area contributed by atoms with Gasteiger partial charge in [-0.15, -0.1) is 5.10 Å². The number of piperidine rings is 1. The van der Waals surface area contributed by atoms with Crippen LogP contribution in [0.3, 0.4) is 0 Å². The molecule has 1 aromatic heterocycles. The molecule has 1 aliphatic rings. The van der Waals surface area contributed by atoms with Gasteiger partial charge in [-0.3, -0.25) is 4.79 Å². The van der Waals surface area contributed by atoms with Crippen molar-refractivity contribution in [3.05, 3.63) is 42.5 Å². The summed E-state index contributed by atoms with van der Waals surface area (Å²) in [4.78, 5) is 15.2. The third kappa shape index (κ3) is 4.86. The minimum absolute atomic E-state index is 0.0265. The van der Waals surface area contributed by atoms with Crippen LogP contribution in [0, 0.1) is 0 Å². The molecule has 1 aliphatic heterocycles. The lowest BCUT2D eigenvalue weighted by Crippen LogP contribution is -2.35. The molecule has 33 heavy (non-hydrogen) atoms. The fourth-order valence-corrected chi connectivity index (χ4v) is 5.77. The molecule has 2 heterocycles. The molecule has 0 radical (unpaired) electrons. The number of anilines is 2. The molecular weight excluding hydrogens is 440 g/mol. The van der Waals surface area contributed by atoms with E-state index < -0.39 is 10.0 Å². The summed E-state index contributed by atoms with van der Waals surface area (Å²) in [5, 5.41) is 11.1. The highest BCUT2D eigenvalue weighted by Crippen LogP contribution is 2.31. The maximum atomic E-state index is 13.2. The summed E-state index contributed by atoms with van der Waals surface area (Å²) in [6.07, 6.45) is 2.78. The van der Waals surface area contributed by atoms with Gasteiger partial charge >= 0.3 is 0 Å². The van der Waals surface area contributed by atoms with Gasteiger partial charge in [0.05, 0.1) is 21.8 Å². The van der Waals surface area contributed by atoms with Crippen molar-refractivity contribution in [1.29, 1.82) is 0 Å². The van der Waals surface area contributed by atoms with Crippen LogP contribution in [0.15, 0.2) is 47.4 Å². The van der Waals surface area contributed by atoms with E-state index in [9.17, 15) is 13.2 Å². The molecule has 1 fully saturated rings. The van der Waals surface area contributed by atoms with Crippen LogP contribution in [-0.2, 0) is 21.4 Å². The quantitative estimate of drug-likeness (QED) is 0.543. The van der Waals surface area contributed by atoms with Gasteiger partial charge in [0.2, 0.25) is 15.9 Å². The molecule has 0 bridgehead atoms. The van der Waals surface area contributed by atoms with E-state index in [0.717, 1.165) is 43.6 Å². The molecule has 0 aliphatic carbocycles. The number of amides is 1. The van der Waals surface area contributed by atoms with Gasteiger partial charge in [0.1, 0.15) is 12.1 Å². The number of benzene rings is 2. The Morgan fingerprint density at radius 3 is 2.52 bits per heavy atom. The van der Waals surface area contributed by atoms with E-state index >= 15 is 0 Å². The molecule has 10 heteroatoms. The standard InChI is InChI=1S/C23H30N6O3S/c1-3-27(4-2)21-13-12-18(33(31,32)28-14-8-5-9-15-28)16-20(21)24-23(30)17-29-22-11-7-6-10-19(22)25-26-29/h6-7,10-13,16H,3-5,8-9,14-15,17H2,1-2H3,(H,24,30). The van der Waals surface area contributed by atoms with Crippen LogP contribution in [0.25, 0.3) is 11.0 Å². The molecule has 0 unspecified atom stereocenters. The zero-order chi connectivity index (χ0) is 23.4. The van der Waals surface area contributed by atoms with Crippen molar-refractivity contribution in [2.75, 3.05) is 36.4 Å². The average molecular weight is 471 g/mol. The maximum Gasteiger partial charge on any atom is 0.246 e. The Kier molecular flexibility index (Phi) is 6.94. The highest BCUT2D eigenvalue weighted by atomic mass is 32.2. The number of hydrogen-bond acceptors (Lipinski definition) is 6. The van der Waals surface area contributed by atoms with Crippen molar-refractivity contribution in [3.63, 3.8) is 0 Å². The van der Waals surface area contributed by atoms with Gasteiger partial charge in [0, 0.05) is 26.2 Å². The van der Waals surface area contributed by atoms with Gasteiger partial charge < -0.3 is 10.2 Å². The normalized spacial score (nSPS) is 15.0. The molecule has 0 spiro atoms. The minimum atomic E-state index is -3.62. The van der Waals surface area contributed by atoms with Gasteiger partial charge in [0.15, 0.2) is 0 Å². The highest BCUT2D eigenvalue weighted by Gasteiger charge is 2.27. The summed E-state index contributed by atoms with van der Waals surface area (Å²) >= 11 is 0. The van der Waals surface area contributed by atoms with E-state index in [1.54, 1.807) is 18.2 Å². The number of nitrogens with one attached hydrogen (secondary N) is 1. The molecule has 176 valence electrons. The van der Waals surface area contributed by atoms with Crippen molar-refractivity contribution < 1.29 is 13.2 Å². The molecule has 2 aromatic carbocycles. The number of carbonyl (C=O) groups is 1. The minimum Gasteiger partial charge on any atom is -0.370 e. The van der Waals surface area contributed by atoms with Gasteiger partial charge in [-0.25, -0.2) is 13.1 Å². The largest absolute Gasteiger partial charge is 0.370 e. The fraction of sp³-hybridized carbons (Fsp3) is 0.435. The van der Waals surface area contributed by atoms with Crippen LogP contribution in [0.4, 0.5) is 11.4 Å². The Bertz CT molecular complexity index is 1230. The summed E-state index contributed by atoms with van der Waals surface area (Å²) in [6, 6.07) is 12.4. The van der Waals surface area contributed by atoms with E-state index in [0.29, 0.717) is 24.3 Å². The van der Waals surface area contributed by atoms with E-state index in [2.05, 4.69) is 20.5 Å². The first-order valence-electron chi connectivity index (χ1n) is 11.4. The van der Waals surface area contributed by atoms with Gasteiger partial charge in [0.25, 0.3) is 0 Å². The Morgan fingerprint density at radius 2 is 1.79 bits per heavy atom. The Labute approximate surface area is 194 Å². The van der Waals surface area contributed by atoms with Crippen LogP contribution in [0.2, 0.25) is 0 Å². The SMILES string of the molecule is CCN(CC)c1ccc(S(=O)(=O)N2CCCCC2)cc1NC(=O)Cn1nnc2ccccc21. The first-order chi connectivity index (χ1) is 15.9. The van der Waals surface area contributed by atoms with Crippen molar-refractivity contribution in [2.24, 2.45) is 0 Å². The molecule has 3 aromatic rings. The third-order valence-corrected chi connectivity index (χ3v) is 7.91. The number of aromatic nitrogens is 3. The first kappa shape index (κ1) is 23.2. The maximum absolute atomic E-state index is 13.2. The molecular formula is C23H30N6O3S. The topological polar surface area (TPSA) is 100 Å². The van der Waals surface area contributed by atoms with E-state index in [-0.39, 0.29) is 17.3 Å². The molecule has 1 amide bonds. The second kappa shape index (κ2) is 9.88. The fourth-order valence-electron chi connectivity index (χ4n) is 4.23. The number of carbonyl (C=O) groups excluding carboxylic acids is 1. The van der Waals surface area contributed by atoms with Crippen molar-refractivity contribution in [2.45, 2.75) is 44.6 Å². The lowest BCUT2D eigenvalue weighted by molar-refractivity contribution is -0.116. The summed E-state index contributed by atoms with van der Waals surface area (Å²) in [5.41, 5.74) is 2.74. The molecule has 1 N–H and O–H groups in total. The van der Waals surface area contributed by atoms with Crippen LogP contribution in [-0.4, -0.2) is 59.8 Å². The molecule has 0 saturated carbocycles. The number of sulfonamides is 1. The number of para-hydroxylation sites is 1. The van der Waals surface area contributed by atoms with E-state index in [4.69, 9.17) is 0 Å². The summed E-state index contributed by atoms with van der Waals surface area (Å²) in [7, 11) is -3.62. The zero-order valence-electron chi connectivity index (χ0n) is 19.1. The van der Waals surface area contributed by atoms with Crippen molar-refractivity contribution >= 4 is 38.3 Å². The Hall–Kier alpha value is -2.98. The number of rotatable bonds is 8. The lowest BCUT2D eigenvalue weighted by atomic mass is 10.2. The van der Waals surface area contributed by atoms with E-state index in [1.165, 1.54) is 8.99 Å². The van der Waals surface area contributed by atoms with Crippen LogP contribution in [0.5, 0.6) is 0 Å². The molecule has 4 rings (SSSR count). The van der Waals surface area contributed by atoms with Gasteiger partial charge in [-0.1, -0.05) is 23.8 Å². The average Bonchev–Trinajstić information content (AvgIpc) is 3.24. The Morgan fingerprint density at radius 1 is 1.06 bits per heavy atom. The van der Waals surface area contributed by atoms with Gasteiger partial charge in [-0.05, 0) is 57.0 Å². The van der Waals surface area contributed by atoms with Crippen molar-refractivity contribution in [1.82, 2.24) is 19.3 Å². The smallest absolute Gasteiger partial charge is 0.246 e. The summed E-state index contributed by atoms with van der Waals surface area (Å²) in [6.45, 7) is 6.53. The third-order valence-electron chi connectivity index (χ3n) is 6.01. The lowest BCUT2D eigenvalue weighted by Gasteiger charge is -2.28.